The molecule has 21 heavy (non-hydrogen) atoms. The van der Waals surface area contributed by atoms with Crippen molar-refractivity contribution >= 4 is 0 Å². The van der Waals surface area contributed by atoms with E-state index in [1.54, 1.807) is 4.57 Å². The van der Waals surface area contributed by atoms with E-state index in [1.807, 2.05) is 6.92 Å². The van der Waals surface area contributed by atoms with E-state index >= 15 is 0 Å². The summed E-state index contributed by atoms with van der Waals surface area (Å²) in [4.78, 5) is 4.53. The van der Waals surface area contributed by atoms with Crippen molar-refractivity contribution in [2.24, 2.45) is 0 Å². The van der Waals surface area contributed by atoms with Crippen molar-refractivity contribution in [1.29, 1.82) is 0 Å². The second-order valence-electron chi connectivity index (χ2n) is 5.13. The first-order valence-electron chi connectivity index (χ1n) is 7.07. The number of aryl methyl sites for hydroxylation is 1. The molecule has 0 fully saturated rings. The normalized spacial score (nSPS) is 14.3. The minimum absolute atomic E-state index is 0.0352. The van der Waals surface area contributed by atoms with Crippen LogP contribution in [0.3, 0.4) is 0 Å². The van der Waals surface area contributed by atoms with Gasteiger partial charge in [0.1, 0.15) is 5.82 Å². The van der Waals surface area contributed by atoms with Gasteiger partial charge >= 0.3 is 0 Å². The minimum Gasteiger partial charge on any atom is -0.311 e. The van der Waals surface area contributed by atoms with Crippen molar-refractivity contribution in [3.8, 4) is 5.69 Å². The Morgan fingerprint density at radius 2 is 2.05 bits per heavy atom. The van der Waals surface area contributed by atoms with Crippen LogP contribution in [0.25, 0.3) is 5.69 Å². The van der Waals surface area contributed by atoms with Gasteiger partial charge in [0, 0.05) is 31.6 Å². The van der Waals surface area contributed by atoms with Gasteiger partial charge in [-0.25, -0.2) is 18.2 Å². The largest absolute Gasteiger partial charge is 0.311 e. The van der Waals surface area contributed by atoms with Crippen LogP contribution >= 0.6 is 0 Å². The maximum atomic E-state index is 14.1. The lowest BCUT2D eigenvalue weighted by atomic mass is 10.1. The van der Waals surface area contributed by atoms with Gasteiger partial charge in [0.05, 0.1) is 11.4 Å². The summed E-state index contributed by atoms with van der Waals surface area (Å²) in [5, 5.41) is 3.21. The first-order valence-corrected chi connectivity index (χ1v) is 7.07. The van der Waals surface area contributed by atoms with Crippen LogP contribution in [0.1, 0.15) is 30.6 Å². The second-order valence-corrected chi connectivity index (χ2v) is 5.13. The Labute approximate surface area is 120 Å². The van der Waals surface area contributed by atoms with Gasteiger partial charge in [0.25, 0.3) is 0 Å². The number of imidazole rings is 1. The molecule has 1 aliphatic heterocycles. The SMILES string of the molecule is CCCc1nc2c(n1-c1ccc(F)c(F)c1F)CCNC2. The molecular formula is C15H16F3N3. The monoisotopic (exact) mass is 295 g/mol. The van der Waals surface area contributed by atoms with E-state index in [0.717, 1.165) is 30.4 Å². The van der Waals surface area contributed by atoms with Crippen LogP contribution in [0.15, 0.2) is 12.1 Å². The molecule has 3 nitrogen and oxygen atoms in total. The summed E-state index contributed by atoms with van der Waals surface area (Å²) in [6, 6.07) is 2.23. The number of halogens is 3. The van der Waals surface area contributed by atoms with Crippen LogP contribution in [-0.2, 0) is 19.4 Å². The summed E-state index contributed by atoms with van der Waals surface area (Å²) in [5.41, 5.74) is 1.77. The standard InChI is InChI=1S/C15H16F3N3/c1-2-3-13-20-10-8-19-7-6-11(10)21(13)12-5-4-9(16)14(17)15(12)18/h4-5,19H,2-3,6-8H2,1H3. The van der Waals surface area contributed by atoms with Gasteiger partial charge in [-0.3, -0.25) is 4.57 Å². The fourth-order valence-electron chi connectivity index (χ4n) is 2.73. The molecule has 0 aliphatic carbocycles. The predicted molar refractivity (Wildman–Crippen MR) is 72.8 cm³/mol. The number of hydrogen-bond donors (Lipinski definition) is 1. The van der Waals surface area contributed by atoms with E-state index < -0.39 is 17.5 Å². The first-order chi connectivity index (χ1) is 10.1. The second kappa shape index (κ2) is 5.52. The highest BCUT2D eigenvalue weighted by Crippen LogP contribution is 2.26. The summed E-state index contributed by atoms with van der Waals surface area (Å²) >= 11 is 0. The Hall–Kier alpha value is -1.82. The molecule has 0 amide bonds. The molecule has 1 aliphatic rings. The fourth-order valence-corrected chi connectivity index (χ4v) is 2.73. The molecule has 112 valence electrons. The summed E-state index contributed by atoms with van der Waals surface area (Å²) < 4.78 is 42.5. The van der Waals surface area contributed by atoms with Crippen LogP contribution in [-0.4, -0.2) is 16.1 Å². The molecule has 0 radical (unpaired) electrons. The van der Waals surface area contributed by atoms with Crippen molar-refractivity contribution in [3.63, 3.8) is 0 Å². The number of hydrogen-bond acceptors (Lipinski definition) is 2. The van der Waals surface area contributed by atoms with Gasteiger partial charge in [-0.2, -0.15) is 0 Å². The van der Waals surface area contributed by atoms with Gasteiger partial charge in [0.2, 0.25) is 0 Å². The van der Waals surface area contributed by atoms with Crippen molar-refractivity contribution in [2.45, 2.75) is 32.7 Å². The maximum Gasteiger partial charge on any atom is 0.196 e. The van der Waals surface area contributed by atoms with Crippen LogP contribution in [0.5, 0.6) is 0 Å². The molecule has 1 aromatic heterocycles. The molecule has 1 N–H and O–H groups in total. The third kappa shape index (κ3) is 2.33. The van der Waals surface area contributed by atoms with Crippen molar-refractivity contribution < 1.29 is 13.2 Å². The Bertz CT molecular complexity index is 679. The lowest BCUT2D eigenvalue weighted by Crippen LogP contribution is -2.25. The highest BCUT2D eigenvalue weighted by molar-refractivity contribution is 5.40. The van der Waals surface area contributed by atoms with E-state index in [0.29, 0.717) is 25.2 Å². The zero-order valence-electron chi connectivity index (χ0n) is 11.7. The van der Waals surface area contributed by atoms with E-state index in [-0.39, 0.29) is 5.69 Å². The molecule has 0 spiro atoms. The maximum absolute atomic E-state index is 14.1. The predicted octanol–water partition coefficient (Wildman–Crippen LogP) is 2.89. The van der Waals surface area contributed by atoms with Gasteiger partial charge in [-0.05, 0) is 18.6 Å². The quantitative estimate of drug-likeness (QED) is 0.882. The Balaban J connectivity index is 2.21. The molecule has 0 atom stereocenters. The van der Waals surface area contributed by atoms with Crippen molar-refractivity contribution in [2.75, 3.05) is 6.54 Å². The minimum atomic E-state index is -1.44. The Kier molecular flexibility index (Phi) is 3.71. The molecule has 0 saturated carbocycles. The number of nitrogens with one attached hydrogen (secondary N) is 1. The first kappa shape index (κ1) is 14.1. The molecule has 0 unspecified atom stereocenters. The molecule has 2 aromatic rings. The van der Waals surface area contributed by atoms with E-state index in [9.17, 15) is 13.2 Å². The Morgan fingerprint density at radius 3 is 2.81 bits per heavy atom. The summed E-state index contributed by atoms with van der Waals surface area (Å²) in [5.74, 6) is -3.09. The third-order valence-corrected chi connectivity index (χ3v) is 3.69. The zero-order valence-corrected chi connectivity index (χ0v) is 11.7. The van der Waals surface area contributed by atoms with Gasteiger partial charge < -0.3 is 5.32 Å². The molecule has 3 rings (SSSR count). The highest BCUT2D eigenvalue weighted by atomic mass is 19.2. The lowest BCUT2D eigenvalue weighted by molar-refractivity contribution is 0.443. The molecule has 1 aromatic carbocycles. The van der Waals surface area contributed by atoms with Gasteiger partial charge in [-0.15, -0.1) is 0 Å². The molecule has 2 heterocycles. The van der Waals surface area contributed by atoms with Crippen LogP contribution in [0, 0.1) is 17.5 Å². The van der Waals surface area contributed by atoms with E-state index in [1.165, 1.54) is 6.07 Å². The average Bonchev–Trinajstić information content (AvgIpc) is 2.84. The lowest BCUT2D eigenvalue weighted by Gasteiger charge is -2.17. The summed E-state index contributed by atoms with van der Waals surface area (Å²) in [7, 11) is 0. The van der Waals surface area contributed by atoms with E-state index in [2.05, 4.69) is 10.3 Å². The van der Waals surface area contributed by atoms with Crippen LogP contribution in [0.4, 0.5) is 13.2 Å². The third-order valence-electron chi connectivity index (χ3n) is 3.69. The van der Waals surface area contributed by atoms with Crippen LogP contribution in [0.2, 0.25) is 0 Å². The number of fused-ring (bicyclic) bond motifs is 1. The number of rotatable bonds is 3. The summed E-state index contributed by atoms with van der Waals surface area (Å²) in [6.45, 7) is 3.37. The van der Waals surface area contributed by atoms with Gasteiger partial charge in [0.15, 0.2) is 17.5 Å². The number of nitrogens with zero attached hydrogens (tertiary/aromatic N) is 2. The molecule has 0 saturated heterocycles. The highest BCUT2D eigenvalue weighted by Gasteiger charge is 2.24. The molecule has 0 bridgehead atoms. The van der Waals surface area contributed by atoms with Crippen molar-refractivity contribution in [3.05, 3.63) is 46.8 Å². The number of aromatic nitrogens is 2. The Morgan fingerprint density at radius 1 is 1.24 bits per heavy atom. The van der Waals surface area contributed by atoms with Crippen LogP contribution < -0.4 is 5.32 Å². The van der Waals surface area contributed by atoms with Gasteiger partial charge in [-0.1, -0.05) is 6.92 Å². The van der Waals surface area contributed by atoms with Crippen molar-refractivity contribution in [1.82, 2.24) is 14.9 Å². The summed E-state index contributed by atoms with van der Waals surface area (Å²) in [6.07, 6.45) is 2.19. The topological polar surface area (TPSA) is 29.9 Å². The molecule has 6 heteroatoms. The smallest absolute Gasteiger partial charge is 0.196 e. The number of benzene rings is 1. The average molecular weight is 295 g/mol. The molecular weight excluding hydrogens is 279 g/mol. The fraction of sp³-hybridized carbons (Fsp3) is 0.400. The zero-order chi connectivity index (χ0) is 15.0. The van der Waals surface area contributed by atoms with E-state index in [4.69, 9.17) is 0 Å².